The number of benzene rings is 3. The van der Waals surface area contributed by atoms with Gasteiger partial charge in [-0.1, -0.05) is 60.7 Å². The maximum atomic E-state index is 14.1. The molecular formula is C29H28FN5O2. The van der Waals surface area contributed by atoms with Gasteiger partial charge in [0.2, 0.25) is 11.8 Å². The predicted octanol–water partition coefficient (Wildman–Crippen LogP) is 4.75. The highest BCUT2D eigenvalue weighted by molar-refractivity contribution is 5.93. The SMILES string of the molecule is O=C(CCC(=O)N1CCN(c2ccccc2F)CC1)Nc1cc(-c2ccccc2)nn1-c1ccccc1. The van der Waals surface area contributed by atoms with Crippen molar-refractivity contribution in [2.45, 2.75) is 12.8 Å². The van der Waals surface area contributed by atoms with Gasteiger partial charge in [-0.2, -0.15) is 5.10 Å². The van der Waals surface area contributed by atoms with E-state index in [0.29, 0.717) is 37.7 Å². The molecule has 0 unspecified atom stereocenters. The second-order valence-corrected chi connectivity index (χ2v) is 8.90. The largest absolute Gasteiger partial charge is 0.366 e. The summed E-state index contributed by atoms with van der Waals surface area (Å²) in [6, 6.07) is 27.8. The fourth-order valence-electron chi connectivity index (χ4n) is 4.48. The fourth-order valence-corrected chi connectivity index (χ4v) is 4.48. The number of nitrogens with zero attached hydrogens (tertiary/aromatic N) is 4. The molecule has 5 rings (SSSR count). The maximum absolute atomic E-state index is 14.1. The van der Waals surface area contributed by atoms with Crippen LogP contribution in [0.4, 0.5) is 15.9 Å². The fraction of sp³-hybridized carbons (Fsp3) is 0.207. The molecule has 0 radical (unpaired) electrons. The number of amides is 2. The zero-order valence-corrected chi connectivity index (χ0v) is 20.4. The lowest BCUT2D eigenvalue weighted by Gasteiger charge is -2.36. The summed E-state index contributed by atoms with van der Waals surface area (Å²) >= 11 is 0. The summed E-state index contributed by atoms with van der Waals surface area (Å²) in [6.45, 7) is 2.10. The number of para-hydroxylation sites is 2. The summed E-state index contributed by atoms with van der Waals surface area (Å²) in [7, 11) is 0. The third-order valence-electron chi connectivity index (χ3n) is 6.44. The predicted molar refractivity (Wildman–Crippen MR) is 142 cm³/mol. The number of carbonyl (C=O) groups is 2. The molecule has 1 aromatic heterocycles. The topological polar surface area (TPSA) is 70.5 Å². The third kappa shape index (κ3) is 5.69. The van der Waals surface area contributed by atoms with E-state index < -0.39 is 0 Å². The van der Waals surface area contributed by atoms with Gasteiger partial charge in [-0.25, -0.2) is 9.07 Å². The smallest absolute Gasteiger partial charge is 0.226 e. The van der Waals surface area contributed by atoms with Crippen LogP contribution in [0.5, 0.6) is 0 Å². The zero-order chi connectivity index (χ0) is 25.6. The number of anilines is 2. The molecule has 0 atom stereocenters. The molecule has 0 spiro atoms. The van der Waals surface area contributed by atoms with Gasteiger partial charge < -0.3 is 15.1 Å². The van der Waals surface area contributed by atoms with Crippen LogP contribution in [0.3, 0.4) is 0 Å². The van der Waals surface area contributed by atoms with Gasteiger partial charge in [0, 0.05) is 50.7 Å². The first-order valence-corrected chi connectivity index (χ1v) is 12.4. The maximum Gasteiger partial charge on any atom is 0.226 e. The molecule has 0 saturated carbocycles. The Kier molecular flexibility index (Phi) is 7.26. The minimum atomic E-state index is -0.260. The van der Waals surface area contributed by atoms with Crippen LogP contribution in [-0.2, 0) is 9.59 Å². The Morgan fingerprint density at radius 1 is 0.811 bits per heavy atom. The highest BCUT2D eigenvalue weighted by Crippen LogP contribution is 2.25. The number of carbonyl (C=O) groups excluding carboxylic acids is 2. The Hall–Kier alpha value is -4.46. The van der Waals surface area contributed by atoms with Crippen molar-refractivity contribution in [2.24, 2.45) is 0 Å². The van der Waals surface area contributed by atoms with Crippen LogP contribution in [-0.4, -0.2) is 52.7 Å². The van der Waals surface area contributed by atoms with Crippen LogP contribution in [0.2, 0.25) is 0 Å². The van der Waals surface area contributed by atoms with E-state index in [2.05, 4.69) is 5.32 Å². The van der Waals surface area contributed by atoms with E-state index in [0.717, 1.165) is 16.9 Å². The second kappa shape index (κ2) is 11.1. The van der Waals surface area contributed by atoms with Crippen LogP contribution < -0.4 is 10.2 Å². The zero-order valence-electron chi connectivity index (χ0n) is 20.4. The third-order valence-corrected chi connectivity index (χ3v) is 6.44. The van der Waals surface area contributed by atoms with Crippen molar-refractivity contribution in [2.75, 3.05) is 36.4 Å². The van der Waals surface area contributed by atoms with E-state index in [1.54, 1.807) is 27.8 Å². The quantitative estimate of drug-likeness (QED) is 0.400. The van der Waals surface area contributed by atoms with E-state index in [1.165, 1.54) is 6.07 Å². The molecule has 2 amide bonds. The normalized spacial score (nSPS) is 13.4. The van der Waals surface area contributed by atoms with E-state index in [-0.39, 0.29) is 30.5 Å². The Bertz CT molecular complexity index is 1370. The average molecular weight is 498 g/mol. The summed E-state index contributed by atoms with van der Waals surface area (Å²) in [6.07, 6.45) is 0.170. The van der Waals surface area contributed by atoms with Crippen LogP contribution in [0.25, 0.3) is 16.9 Å². The summed E-state index contributed by atoms with van der Waals surface area (Å²) in [5.41, 5.74) is 3.06. The number of halogens is 1. The Morgan fingerprint density at radius 2 is 1.46 bits per heavy atom. The Balaban J connectivity index is 1.20. The number of rotatable bonds is 7. The van der Waals surface area contributed by atoms with Crippen LogP contribution in [0.1, 0.15) is 12.8 Å². The number of hydrogen-bond donors (Lipinski definition) is 1. The van der Waals surface area contributed by atoms with Gasteiger partial charge >= 0.3 is 0 Å². The number of nitrogens with one attached hydrogen (secondary N) is 1. The molecule has 7 nitrogen and oxygen atoms in total. The van der Waals surface area contributed by atoms with E-state index in [4.69, 9.17) is 5.10 Å². The molecule has 0 aliphatic carbocycles. The molecule has 1 aliphatic rings. The molecule has 4 aromatic rings. The first-order valence-electron chi connectivity index (χ1n) is 12.4. The first kappa shape index (κ1) is 24.2. The molecule has 1 aliphatic heterocycles. The molecule has 0 bridgehead atoms. The highest BCUT2D eigenvalue weighted by Gasteiger charge is 2.23. The highest BCUT2D eigenvalue weighted by atomic mass is 19.1. The summed E-state index contributed by atoms with van der Waals surface area (Å²) in [5.74, 6) is -0.0509. The van der Waals surface area contributed by atoms with Crippen LogP contribution in [0.15, 0.2) is 91.0 Å². The van der Waals surface area contributed by atoms with Crippen molar-refractivity contribution in [3.63, 3.8) is 0 Å². The van der Waals surface area contributed by atoms with E-state index >= 15 is 0 Å². The summed E-state index contributed by atoms with van der Waals surface area (Å²) < 4.78 is 15.8. The van der Waals surface area contributed by atoms with Crippen molar-refractivity contribution in [1.82, 2.24) is 14.7 Å². The molecule has 2 heterocycles. The van der Waals surface area contributed by atoms with Gasteiger partial charge in [-0.3, -0.25) is 9.59 Å². The van der Waals surface area contributed by atoms with Gasteiger partial charge in [0.25, 0.3) is 0 Å². The standard InChI is InChI=1S/C29H28FN5O2/c30-24-13-7-8-14-26(24)33-17-19-34(20-18-33)29(37)16-15-28(36)31-27-21-25(22-9-3-1-4-10-22)32-35(27)23-11-5-2-6-12-23/h1-14,21H,15-20H2,(H,31,36). The van der Waals surface area contributed by atoms with Gasteiger partial charge in [-0.05, 0) is 24.3 Å². The van der Waals surface area contributed by atoms with E-state index in [1.807, 2.05) is 71.6 Å². The lowest BCUT2D eigenvalue weighted by molar-refractivity contribution is -0.133. The van der Waals surface area contributed by atoms with Gasteiger partial charge in [-0.15, -0.1) is 0 Å². The summed E-state index contributed by atoms with van der Waals surface area (Å²) in [5, 5.41) is 7.64. The molecule has 1 N–H and O–H groups in total. The monoisotopic (exact) mass is 497 g/mol. The van der Waals surface area contributed by atoms with Crippen molar-refractivity contribution in [1.29, 1.82) is 0 Å². The molecular weight excluding hydrogens is 469 g/mol. The van der Waals surface area contributed by atoms with Gasteiger partial charge in [0.05, 0.1) is 17.1 Å². The molecule has 188 valence electrons. The minimum Gasteiger partial charge on any atom is -0.366 e. The number of piperazine rings is 1. The van der Waals surface area contributed by atoms with Crippen molar-refractivity contribution in [3.8, 4) is 16.9 Å². The van der Waals surface area contributed by atoms with E-state index in [9.17, 15) is 14.0 Å². The van der Waals surface area contributed by atoms with Crippen molar-refractivity contribution >= 4 is 23.3 Å². The molecule has 3 aromatic carbocycles. The average Bonchev–Trinajstić information content (AvgIpc) is 3.37. The second-order valence-electron chi connectivity index (χ2n) is 8.90. The Morgan fingerprint density at radius 3 is 2.16 bits per heavy atom. The first-order chi connectivity index (χ1) is 18.1. The van der Waals surface area contributed by atoms with Crippen molar-refractivity contribution < 1.29 is 14.0 Å². The number of hydrogen-bond acceptors (Lipinski definition) is 4. The lowest BCUT2D eigenvalue weighted by atomic mass is 10.1. The molecule has 37 heavy (non-hydrogen) atoms. The molecule has 1 fully saturated rings. The molecule has 1 saturated heterocycles. The summed E-state index contributed by atoms with van der Waals surface area (Å²) in [4.78, 5) is 29.3. The van der Waals surface area contributed by atoms with Crippen LogP contribution >= 0.6 is 0 Å². The van der Waals surface area contributed by atoms with Gasteiger partial charge in [0.1, 0.15) is 11.6 Å². The minimum absolute atomic E-state index is 0.0625. The Labute approximate surface area is 215 Å². The number of aromatic nitrogens is 2. The van der Waals surface area contributed by atoms with Crippen molar-refractivity contribution in [3.05, 3.63) is 96.8 Å². The van der Waals surface area contributed by atoms with Crippen LogP contribution in [0, 0.1) is 5.82 Å². The lowest BCUT2D eigenvalue weighted by Crippen LogP contribution is -2.49. The van der Waals surface area contributed by atoms with Gasteiger partial charge in [0.15, 0.2) is 0 Å². The molecule has 8 heteroatoms.